The van der Waals surface area contributed by atoms with E-state index in [0.29, 0.717) is 41.3 Å². The molecule has 66 heavy (non-hydrogen) atoms. The van der Waals surface area contributed by atoms with Crippen LogP contribution in [0.15, 0.2) is 122 Å². The molecule has 9 heterocycles. The summed E-state index contributed by atoms with van der Waals surface area (Å²) < 4.78 is 27.2. The first kappa shape index (κ1) is 42.5. The highest BCUT2D eigenvalue weighted by Gasteiger charge is 2.47. The monoisotopic (exact) mass is 880 g/mol. The van der Waals surface area contributed by atoms with Gasteiger partial charge in [0.2, 0.25) is 11.8 Å². The lowest BCUT2D eigenvalue weighted by Gasteiger charge is -2.52. The van der Waals surface area contributed by atoms with Crippen LogP contribution in [0.4, 0.5) is 0 Å². The molecule has 13 rings (SSSR count). The summed E-state index contributed by atoms with van der Waals surface area (Å²) in [5, 5.41) is 2.02. The molecular formula is C56H60N6O4. The van der Waals surface area contributed by atoms with E-state index in [1.165, 1.54) is 25.7 Å². The van der Waals surface area contributed by atoms with Gasteiger partial charge in [0.15, 0.2) is 5.82 Å². The fourth-order valence-corrected chi connectivity index (χ4v) is 12.1. The van der Waals surface area contributed by atoms with Crippen LogP contribution in [0.1, 0.15) is 75.7 Å². The molecule has 3 aromatic heterocycles. The number of fused-ring (bicyclic) bond motifs is 8. The van der Waals surface area contributed by atoms with E-state index in [4.69, 9.17) is 38.9 Å². The molecule has 6 aliphatic rings. The Morgan fingerprint density at radius 1 is 0.576 bits per heavy atom. The highest BCUT2D eigenvalue weighted by atomic mass is 16.5. The summed E-state index contributed by atoms with van der Waals surface area (Å²) in [6.07, 6.45) is 9.90. The van der Waals surface area contributed by atoms with Crippen molar-refractivity contribution >= 4 is 21.8 Å². The quantitative estimate of drug-likeness (QED) is 0.105. The summed E-state index contributed by atoms with van der Waals surface area (Å²) in [6, 6.07) is 37.4. The number of hydrogen-bond acceptors (Lipinski definition) is 10. The van der Waals surface area contributed by atoms with Crippen LogP contribution >= 0.6 is 0 Å². The predicted octanol–water partition coefficient (Wildman–Crippen LogP) is 11.4. The zero-order valence-corrected chi connectivity index (χ0v) is 38.6. The maximum absolute atomic E-state index is 7.76. The molecule has 6 saturated heterocycles. The molecule has 4 bridgehead atoms. The molecule has 0 amide bonds. The molecule has 10 nitrogen and oxygen atoms in total. The van der Waals surface area contributed by atoms with Crippen LogP contribution in [0, 0.1) is 23.7 Å². The molecule has 7 unspecified atom stereocenters. The Labute approximate surface area is 388 Å². The molecule has 338 valence electrons. The van der Waals surface area contributed by atoms with Crippen molar-refractivity contribution in [3.8, 4) is 45.8 Å². The van der Waals surface area contributed by atoms with Gasteiger partial charge in [-0.2, -0.15) is 9.97 Å². The van der Waals surface area contributed by atoms with Crippen LogP contribution in [-0.4, -0.2) is 82.2 Å². The van der Waals surface area contributed by atoms with Gasteiger partial charge in [0.25, 0.3) is 0 Å². The average molecular weight is 881 g/mol. The Hall–Kier alpha value is -6.10. The fraction of sp³-hybridized carbons (Fsp3) is 0.393. The maximum atomic E-state index is 7.76. The van der Waals surface area contributed by atoms with E-state index in [0.717, 1.165) is 100 Å². The minimum Gasteiger partial charge on any atom is -0.497 e. The van der Waals surface area contributed by atoms with Crippen LogP contribution < -0.4 is 18.9 Å². The first-order valence-electron chi connectivity index (χ1n) is 24.2. The topological polar surface area (TPSA) is 95.0 Å². The number of hydrogen-bond donors (Lipinski definition) is 0. The summed E-state index contributed by atoms with van der Waals surface area (Å²) >= 11 is 0. The number of ether oxygens (including phenoxy) is 4. The van der Waals surface area contributed by atoms with Crippen LogP contribution in [0.5, 0.6) is 23.3 Å². The summed E-state index contributed by atoms with van der Waals surface area (Å²) in [4.78, 5) is 26.0. The van der Waals surface area contributed by atoms with Crippen molar-refractivity contribution in [1.29, 1.82) is 0 Å². The minimum absolute atomic E-state index is 0.106. The van der Waals surface area contributed by atoms with Gasteiger partial charge in [-0.1, -0.05) is 87.4 Å². The van der Waals surface area contributed by atoms with Crippen molar-refractivity contribution in [1.82, 2.24) is 29.7 Å². The highest BCUT2D eigenvalue weighted by molar-refractivity contribution is 5.85. The first-order valence-corrected chi connectivity index (χ1v) is 24.2. The minimum atomic E-state index is -0.393. The Morgan fingerprint density at radius 2 is 1.05 bits per heavy atom. The molecule has 0 aliphatic carbocycles. The van der Waals surface area contributed by atoms with Gasteiger partial charge in [-0.25, -0.2) is 0 Å². The van der Waals surface area contributed by atoms with Crippen LogP contribution in [-0.2, 0) is 0 Å². The normalized spacial score (nSPS) is 25.4. The molecule has 0 saturated carbocycles. The Morgan fingerprint density at radius 3 is 1.47 bits per heavy atom. The summed E-state index contributed by atoms with van der Waals surface area (Å²) in [6.45, 7) is 8.88. The zero-order chi connectivity index (χ0) is 44.7. The largest absolute Gasteiger partial charge is 0.497 e. The van der Waals surface area contributed by atoms with Gasteiger partial charge < -0.3 is 18.9 Å². The maximum Gasteiger partial charge on any atom is 0.229 e. The van der Waals surface area contributed by atoms with Gasteiger partial charge in [-0.15, -0.1) is 0 Å². The van der Waals surface area contributed by atoms with Crippen molar-refractivity contribution in [3.63, 3.8) is 0 Å². The zero-order valence-electron chi connectivity index (χ0n) is 38.6. The van der Waals surface area contributed by atoms with E-state index in [1.54, 1.807) is 14.2 Å². The molecule has 7 aromatic rings. The summed E-state index contributed by atoms with van der Waals surface area (Å²) in [5.41, 5.74) is 6.48. The molecule has 10 atom stereocenters. The van der Waals surface area contributed by atoms with Gasteiger partial charge in [-0.05, 0) is 117 Å². The van der Waals surface area contributed by atoms with Crippen molar-refractivity contribution in [3.05, 3.63) is 133 Å². The van der Waals surface area contributed by atoms with E-state index in [-0.39, 0.29) is 12.1 Å². The third-order valence-electron chi connectivity index (χ3n) is 15.6. The SMILES string of the molecule is CCC1CN2CCC1CC2[C@H](Oc1nc(-c2ccccc2)nc(O[C@H](c2ccnc3ccc(OC)cc23)C2CC3CCN2C[C@@H]3CC)c1-c1ccccc1)c1ccnc2ccc(OC)cc12. The first-order chi connectivity index (χ1) is 32.5. The van der Waals surface area contributed by atoms with Crippen LogP contribution in [0.2, 0.25) is 0 Å². The number of methoxy groups -OCH3 is 2. The van der Waals surface area contributed by atoms with Crippen molar-refractivity contribution in [2.24, 2.45) is 23.7 Å². The molecule has 6 aliphatic heterocycles. The number of nitrogens with zero attached hydrogens (tertiary/aromatic N) is 6. The fourth-order valence-electron chi connectivity index (χ4n) is 12.1. The number of pyridine rings is 2. The van der Waals surface area contributed by atoms with Crippen molar-refractivity contribution in [2.45, 2.75) is 76.7 Å². The van der Waals surface area contributed by atoms with Gasteiger partial charge >= 0.3 is 0 Å². The van der Waals surface area contributed by atoms with E-state index in [1.807, 2.05) is 54.9 Å². The van der Waals surface area contributed by atoms with Gasteiger partial charge in [-0.3, -0.25) is 19.8 Å². The van der Waals surface area contributed by atoms with Crippen LogP contribution in [0.3, 0.4) is 0 Å². The lowest BCUT2D eigenvalue weighted by molar-refractivity contribution is -0.0510. The third-order valence-corrected chi connectivity index (χ3v) is 15.6. The third kappa shape index (κ3) is 7.91. The number of piperidine rings is 6. The summed E-state index contributed by atoms with van der Waals surface area (Å²) in [5.74, 6) is 5.70. The summed E-state index contributed by atoms with van der Waals surface area (Å²) in [7, 11) is 3.44. The van der Waals surface area contributed by atoms with E-state index < -0.39 is 12.2 Å². The Bertz CT molecular complexity index is 2680. The number of rotatable bonds is 14. The van der Waals surface area contributed by atoms with Gasteiger partial charge in [0.1, 0.15) is 29.3 Å². The van der Waals surface area contributed by atoms with E-state index in [2.05, 4.69) is 90.4 Å². The average Bonchev–Trinajstić information content (AvgIpc) is 3.39. The second kappa shape index (κ2) is 18.3. The number of benzene rings is 4. The smallest absolute Gasteiger partial charge is 0.229 e. The van der Waals surface area contributed by atoms with Crippen LogP contribution in [0.25, 0.3) is 44.3 Å². The predicted molar refractivity (Wildman–Crippen MR) is 260 cm³/mol. The molecule has 0 N–H and O–H groups in total. The Balaban J connectivity index is 1.13. The van der Waals surface area contributed by atoms with E-state index in [9.17, 15) is 0 Å². The van der Waals surface area contributed by atoms with Crippen molar-refractivity contribution in [2.75, 3.05) is 40.4 Å². The second-order valence-corrected chi connectivity index (χ2v) is 18.9. The van der Waals surface area contributed by atoms with Gasteiger partial charge in [0, 0.05) is 52.9 Å². The van der Waals surface area contributed by atoms with E-state index >= 15 is 0 Å². The number of aromatic nitrogens is 4. The highest BCUT2D eigenvalue weighted by Crippen LogP contribution is 2.50. The Kier molecular flexibility index (Phi) is 11.8. The molecule has 4 aromatic carbocycles. The van der Waals surface area contributed by atoms with Gasteiger partial charge in [0.05, 0.1) is 37.3 Å². The molecule has 10 heteroatoms. The molecule has 0 spiro atoms. The molecule has 6 fully saturated rings. The lowest BCUT2D eigenvalue weighted by atomic mass is 9.72. The second-order valence-electron chi connectivity index (χ2n) is 18.9. The molecular weight excluding hydrogens is 821 g/mol. The van der Waals surface area contributed by atoms with Crippen molar-refractivity contribution < 1.29 is 18.9 Å². The molecule has 0 radical (unpaired) electrons. The lowest BCUT2D eigenvalue weighted by Crippen LogP contribution is -2.56. The standard InChI is InChI=1S/C56H60N6O4/c1-5-35-33-61-27-23-39(35)29-49(61)52(43-21-25-57-47-19-17-41(63-3)31-45(43)47)65-55-51(37-13-9-7-10-14-37)56(60-54(59-55)38-15-11-8-12-16-38)66-53(50-30-40-24-28-62(50)34-36(40)6-2)44-22-26-58-48-20-18-42(64-4)32-46(44)48/h7-22,25-26,31-32,35-36,39-40,49-50,52-53H,5-6,23-24,27-30,33-34H2,1-4H3/t35-,36?,39?,40?,49?,50?,52+,53+/m0/s1.